The van der Waals surface area contributed by atoms with Crippen LogP contribution in [-0.4, -0.2) is 10.9 Å². The molecule has 0 spiro atoms. The fourth-order valence-electron chi connectivity index (χ4n) is 1.72. The van der Waals surface area contributed by atoms with Gasteiger partial charge >= 0.3 is 0 Å². The molecule has 3 rings (SSSR count). The molecule has 2 heterocycles. The molecule has 3 aromatic rings. The van der Waals surface area contributed by atoms with E-state index in [2.05, 4.69) is 10.1 Å². The fraction of sp³-hybridized carbons (Fsp3) is 0.0667. The second-order valence-corrected chi connectivity index (χ2v) is 5.95. The van der Waals surface area contributed by atoms with E-state index in [0.717, 1.165) is 11.3 Å². The predicted molar refractivity (Wildman–Crippen MR) is 86.0 cm³/mol. The molecule has 0 saturated carbocycles. The van der Waals surface area contributed by atoms with Gasteiger partial charge in [0, 0.05) is 10.9 Å². The molecule has 0 N–H and O–H groups in total. The van der Waals surface area contributed by atoms with Gasteiger partial charge in [-0.05, 0) is 35.9 Å². The zero-order valence-corrected chi connectivity index (χ0v) is 12.9. The summed E-state index contributed by atoms with van der Waals surface area (Å²) < 4.78 is 15.4. The number of nitrogens with zero attached hydrogens (tertiary/aromatic N) is 3. The van der Waals surface area contributed by atoms with Crippen molar-refractivity contribution >= 4 is 34.6 Å². The molecule has 0 aliphatic heterocycles. The standard InChI is InChI=1S/C15H12FN3S2/c1-11-9-21-15(18-14-5-3-2-4-13(14)16)19(11)17-8-12-6-7-20-10-12/h2-10H,1H3. The Labute approximate surface area is 129 Å². The Morgan fingerprint density at radius 2 is 2.05 bits per heavy atom. The topological polar surface area (TPSA) is 29.6 Å². The Balaban J connectivity index is 2.03. The maximum absolute atomic E-state index is 13.7. The van der Waals surface area contributed by atoms with Crippen molar-refractivity contribution in [2.45, 2.75) is 6.92 Å². The quantitative estimate of drug-likeness (QED) is 0.649. The van der Waals surface area contributed by atoms with E-state index in [4.69, 9.17) is 0 Å². The molecule has 2 aromatic heterocycles. The summed E-state index contributed by atoms with van der Waals surface area (Å²) in [7, 11) is 0. The molecule has 0 fully saturated rings. The van der Waals surface area contributed by atoms with Crippen LogP contribution in [0.5, 0.6) is 0 Å². The van der Waals surface area contributed by atoms with Crippen molar-refractivity contribution in [3.63, 3.8) is 0 Å². The van der Waals surface area contributed by atoms with Gasteiger partial charge in [-0.3, -0.25) is 0 Å². The second-order valence-electron chi connectivity index (χ2n) is 4.34. The van der Waals surface area contributed by atoms with Crippen molar-refractivity contribution in [3.8, 4) is 0 Å². The first-order chi connectivity index (χ1) is 10.2. The van der Waals surface area contributed by atoms with E-state index in [1.165, 1.54) is 17.4 Å². The van der Waals surface area contributed by atoms with Crippen LogP contribution in [0.4, 0.5) is 10.1 Å². The van der Waals surface area contributed by atoms with E-state index in [0.29, 0.717) is 10.5 Å². The number of thiazole rings is 1. The number of thiophene rings is 1. The van der Waals surface area contributed by atoms with E-state index in [9.17, 15) is 4.39 Å². The van der Waals surface area contributed by atoms with Crippen molar-refractivity contribution in [1.29, 1.82) is 0 Å². The van der Waals surface area contributed by atoms with Gasteiger partial charge in [-0.1, -0.05) is 12.1 Å². The van der Waals surface area contributed by atoms with Crippen LogP contribution in [0.2, 0.25) is 0 Å². The maximum Gasteiger partial charge on any atom is 0.211 e. The summed E-state index contributed by atoms with van der Waals surface area (Å²) >= 11 is 3.05. The summed E-state index contributed by atoms with van der Waals surface area (Å²) in [4.78, 5) is 5.00. The average Bonchev–Trinajstić information content (AvgIpc) is 3.10. The number of para-hydroxylation sites is 1. The zero-order valence-electron chi connectivity index (χ0n) is 11.2. The lowest BCUT2D eigenvalue weighted by Crippen LogP contribution is -2.11. The molecule has 21 heavy (non-hydrogen) atoms. The van der Waals surface area contributed by atoms with Crippen molar-refractivity contribution in [2.75, 3.05) is 0 Å². The van der Waals surface area contributed by atoms with Gasteiger partial charge in [0.1, 0.15) is 11.5 Å². The largest absolute Gasteiger partial charge is 0.217 e. The van der Waals surface area contributed by atoms with Gasteiger partial charge in [0.25, 0.3) is 0 Å². The lowest BCUT2D eigenvalue weighted by molar-refractivity contribution is 0.628. The van der Waals surface area contributed by atoms with E-state index >= 15 is 0 Å². The van der Waals surface area contributed by atoms with Crippen molar-refractivity contribution in [2.24, 2.45) is 10.1 Å². The normalized spacial score (nSPS) is 12.4. The second kappa shape index (κ2) is 6.15. The molecular formula is C15H12FN3S2. The summed E-state index contributed by atoms with van der Waals surface area (Å²) in [5.41, 5.74) is 2.32. The third-order valence-electron chi connectivity index (χ3n) is 2.78. The molecule has 0 atom stereocenters. The smallest absolute Gasteiger partial charge is 0.211 e. The highest BCUT2D eigenvalue weighted by atomic mass is 32.1. The van der Waals surface area contributed by atoms with Crippen LogP contribution in [0.3, 0.4) is 0 Å². The zero-order chi connectivity index (χ0) is 14.7. The fourth-order valence-corrected chi connectivity index (χ4v) is 3.15. The lowest BCUT2D eigenvalue weighted by atomic mass is 10.3. The molecule has 106 valence electrons. The Hall–Kier alpha value is -2.05. The minimum Gasteiger partial charge on any atom is -0.217 e. The Morgan fingerprint density at radius 3 is 2.81 bits per heavy atom. The minimum atomic E-state index is -0.336. The molecule has 0 radical (unpaired) electrons. The monoisotopic (exact) mass is 317 g/mol. The molecule has 1 aromatic carbocycles. The number of hydrogen-bond donors (Lipinski definition) is 0. The van der Waals surface area contributed by atoms with Crippen LogP contribution < -0.4 is 4.80 Å². The van der Waals surface area contributed by atoms with Gasteiger partial charge in [0.05, 0.1) is 11.9 Å². The SMILES string of the molecule is Cc1csc(=Nc2ccccc2F)n1N=Cc1ccsc1. The highest BCUT2D eigenvalue weighted by molar-refractivity contribution is 7.08. The summed E-state index contributed by atoms with van der Waals surface area (Å²) in [5, 5.41) is 10.4. The van der Waals surface area contributed by atoms with Gasteiger partial charge in [0.15, 0.2) is 0 Å². The van der Waals surface area contributed by atoms with Gasteiger partial charge in [-0.25, -0.2) is 14.1 Å². The third kappa shape index (κ3) is 3.17. The Morgan fingerprint density at radius 1 is 1.19 bits per heavy atom. The highest BCUT2D eigenvalue weighted by Gasteiger charge is 2.02. The van der Waals surface area contributed by atoms with Crippen LogP contribution in [0, 0.1) is 12.7 Å². The lowest BCUT2D eigenvalue weighted by Gasteiger charge is -1.98. The minimum absolute atomic E-state index is 0.318. The molecular weight excluding hydrogens is 305 g/mol. The van der Waals surface area contributed by atoms with Crippen LogP contribution in [-0.2, 0) is 0 Å². The van der Waals surface area contributed by atoms with Crippen molar-refractivity contribution < 1.29 is 4.39 Å². The molecule has 0 aliphatic rings. The third-order valence-corrected chi connectivity index (χ3v) is 4.42. The Bertz CT molecular complexity index is 829. The van der Waals surface area contributed by atoms with Crippen molar-refractivity contribution in [1.82, 2.24) is 4.68 Å². The molecule has 0 aliphatic carbocycles. The summed E-state index contributed by atoms with van der Waals surface area (Å²) in [6, 6.07) is 8.46. The number of benzene rings is 1. The van der Waals surface area contributed by atoms with Crippen LogP contribution in [0.1, 0.15) is 11.3 Å². The summed E-state index contributed by atoms with van der Waals surface area (Å²) in [5.74, 6) is -0.336. The van der Waals surface area contributed by atoms with E-state index in [-0.39, 0.29) is 5.82 Å². The summed E-state index contributed by atoms with van der Waals surface area (Å²) in [6.07, 6.45) is 1.77. The molecule has 0 bridgehead atoms. The molecule has 6 heteroatoms. The maximum atomic E-state index is 13.7. The first-order valence-corrected chi connectivity index (χ1v) is 8.09. The average molecular weight is 317 g/mol. The molecule has 0 unspecified atom stereocenters. The van der Waals surface area contributed by atoms with E-state index in [1.54, 1.807) is 40.4 Å². The summed E-state index contributed by atoms with van der Waals surface area (Å²) in [6.45, 7) is 1.95. The van der Waals surface area contributed by atoms with Crippen LogP contribution in [0.15, 0.2) is 56.6 Å². The number of halogens is 1. The number of rotatable bonds is 3. The van der Waals surface area contributed by atoms with Gasteiger partial charge in [-0.2, -0.15) is 16.4 Å². The highest BCUT2D eigenvalue weighted by Crippen LogP contribution is 2.16. The van der Waals surface area contributed by atoms with Gasteiger partial charge < -0.3 is 0 Å². The Kier molecular flexibility index (Phi) is 4.08. The van der Waals surface area contributed by atoms with Gasteiger partial charge in [0.2, 0.25) is 4.80 Å². The molecule has 3 nitrogen and oxygen atoms in total. The number of aryl methyl sites for hydroxylation is 1. The first kappa shape index (κ1) is 13.9. The molecule has 0 amide bonds. The molecule has 0 saturated heterocycles. The van der Waals surface area contributed by atoms with Crippen molar-refractivity contribution in [3.05, 3.63) is 68.3 Å². The predicted octanol–water partition coefficient (Wildman–Crippen LogP) is 4.17. The first-order valence-electron chi connectivity index (χ1n) is 6.27. The van der Waals surface area contributed by atoms with Crippen LogP contribution >= 0.6 is 22.7 Å². The number of aromatic nitrogens is 1. The van der Waals surface area contributed by atoms with E-state index < -0.39 is 0 Å². The van der Waals surface area contributed by atoms with Gasteiger partial charge in [-0.15, -0.1) is 11.3 Å². The number of hydrogen-bond acceptors (Lipinski definition) is 4. The van der Waals surface area contributed by atoms with Crippen LogP contribution in [0.25, 0.3) is 0 Å². The van der Waals surface area contributed by atoms with E-state index in [1.807, 2.05) is 29.1 Å².